The lowest BCUT2D eigenvalue weighted by Crippen LogP contribution is -2.46. The molecular formula is C22H25ClN2O2. The Bertz CT molecular complexity index is 825. The Labute approximate surface area is 165 Å². The first-order valence-electron chi connectivity index (χ1n) is 9.32. The van der Waals surface area contributed by atoms with E-state index in [1.165, 1.54) is 5.56 Å². The molecule has 1 fully saturated rings. The van der Waals surface area contributed by atoms with Gasteiger partial charge in [-0.05, 0) is 67.6 Å². The van der Waals surface area contributed by atoms with Gasteiger partial charge in [0.15, 0.2) is 0 Å². The predicted molar refractivity (Wildman–Crippen MR) is 108 cm³/mol. The van der Waals surface area contributed by atoms with Crippen LogP contribution in [0.5, 0.6) is 0 Å². The molecular weight excluding hydrogens is 360 g/mol. The minimum Gasteiger partial charge on any atom is -0.353 e. The second kappa shape index (κ2) is 8.57. The van der Waals surface area contributed by atoms with Crippen LogP contribution in [-0.4, -0.2) is 35.8 Å². The summed E-state index contributed by atoms with van der Waals surface area (Å²) in [4.78, 5) is 26.8. The first-order valence-corrected chi connectivity index (χ1v) is 9.70. The lowest BCUT2D eigenvalue weighted by Gasteiger charge is -2.32. The molecule has 0 atom stereocenters. The van der Waals surface area contributed by atoms with Gasteiger partial charge in [0, 0.05) is 29.7 Å². The van der Waals surface area contributed by atoms with Crippen molar-refractivity contribution in [2.45, 2.75) is 39.2 Å². The monoisotopic (exact) mass is 384 g/mol. The van der Waals surface area contributed by atoms with E-state index in [1.807, 2.05) is 49.1 Å². The van der Waals surface area contributed by atoms with E-state index >= 15 is 0 Å². The zero-order chi connectivity index (χ0) is 19.4. The number of amides is 2. The summed E-state index contributed by atoms with van der Waals surface area (Å²) in [5.74, 6) is 0.0836. The molecule has 0 unspecified atom stereocenters. The fourth-order valence-electron chi connectivity index (χ4n) is 3.35. The summed E-state index contributed by atoms with van der Waals surface area (Å²) in [6.45, 7) is 5.39. The van der Waals surface area contributed by atoms with Gasteiger partial charge in [-0.15, -0.1) is 0 Å². The van der Waals surface area contributed by atoms with Crippen LogP contribution in [0.15, 0.2) is 42.5 Å². The van der Waals surface area contributed by atoms with Crippen molar-refractivity contribution < 1.29 is 9.59 Å². The maximum Gasteiger partial charge on any atom is 0.253 e. The van der Waals surface area contributed by atoms with Crippen LogP contribution in [-0.2, 0) is 11.2 Å². The smallest absolute Gasteiger partial charge is 0.253 e. The van der Waals surface area contributed by atoms with Gasteiger partial charge >= 0.3 is 0 Å². The third-order valence-corrected chi connectivity index (χ3v) is 5.43. The Balaban J connectivity index is 1.49. The van der Waals surface area contributed by atoms with Crippen molar-refractivity contribution in [1.29, 1.82) is 0 Å². The second-order valence-corrected chi connectivity index (χ2v) is 7.67. The summed E-state index contributed by atoms with van der Waals surface area (Å²) in [7, 11) is 0. The van der Waals surface area contributed by atoms with E-state index in [0.717, 1.165) is 29.5 Å². The summed E-state index contributed by atoms with van der Waals surface area (Å²) in [6.07, 6.45) is 1.91. The minimum absolute atomic E-state index is 0.0104. The molecule has 1 aliphatic heterocycles. The van der Waals surface area contributed by atoms with E-state index < -0.39 is 0 Å². The predicted octanol–water partition coefficient (Wildman–Crippen LogP) is 3.92. The van der Waals surface area contributed by atoms with Gasteiger partial charge < -0.3 is 10.2 Å². The van der Waals surface area contributed by atoms with Crippen molar-refractivity contribution in [2.24, 2.45) is 0 Å². The number of rotatable bonds is 4. The number of nitrogens with one attached hydrogen (secondary N) is 1. The number of hydrogen-bond acceptors (Lipinski definition) is 2. The van der Waals surface area contributed by atoms with Gasteiger partial charge in [-0.1, -0.05) is 29.8 Å². The van der Waals surface area contributed by atoms with Crippen LogP contribution >= 0.6 is 11.6 Å². The number of likely N-dealkylation sites (tertiary alicyclic amines) is 1. The number of nitrogens with zero attached hydrogens (tertiary/aromatic N) is 1. The molecule has 2 aromatic carbocycles. The summed E-state index contributed by atoms with van der Waals surface area (Å²) in [5.41, 5.74) is 4.00. The first-order chi connectivity index (χ1) is 12.9. The fourth-order valence-corrected chi connectivity index (χ4v) is 3.48. The van der Waals surface area contributed by atoms with Crippen molar-refractivity contribution in [1.82, 2.24) is 10.2 Å². The fraction of sp³-hybridized carbons (Fsp3) is 0.364. The molecule has 0 spiro atoms. The molecule has 0 radical (unpaired) electrons. The molecule has 27 heavy (non-hydrogen) atoms. The van der Waals surface area contributed by atoms with Crippen LogP contribution < -0.4 is 5.32 Å². The van der Waals surface area contributed by atoms with Crippen molar-refractivity contribution in [3.05, 3.63) is 69.7 Å². The SMILES string of the molecule is Cc1ccc(C(=O)N2CCC(NC(=O)Cc3ccc(Cl)cc3)CC2)cc1C. The van der Waals surface area contributed by atoms with Crippen LogP contribution in [0.1, 0.15) is 39.9 Å². The van der Waals surface area contributed by atoms with Gasteiger partial charge in [-0.2, -0.15) is 0 Å². The maximum absolute atomic E-state index is 12.7. The zero-order valence-electron chi connectivity index (χ0n) is 15.8. The van der Waals surface area contributed by atoms with E-state index in [1.54, 1.807) is 12.1 Å². The number of halogens is 1. The van der Waals surface area contributed by atoms with Crippen LogP contribution in [0.4, 0.5) is 0 Å². The molecule has 1 heterocycles. The number of aryl methyl sites for hydroxylation is 2. The Morgan fingerprint density at radius 1 is 1.04 bits per heavy atom. The summed E-state index contributed by atoms with van der Waals surface area (Å²) >= 11 is 5.87. The van der Waals surface area contributed by atoms with Gasteiger partial charge in [0.25, 0.3) is 5.91 Å². The zero-order valence-corrected chi connectivity index (χ0v) is 16.6. The van der Waals surface area contributed by atoms with Crippen molar-refractivity contribution >= 4 is 23.4 Å². The largest absolute Gasteiger partial charge is 0.353 e. The maximum atomic E-state index is 12.7. The Hall–Kier alpha value is -2.33. The van der Waals surface area contributed by atoms with Crippen LogP contribution in [0.25, 0.3) is 0 Å². The summed E-state index contributed by atoms with van der Waals surface area (Å²) < 4.78 is 0. The lowest BCUT2D eigenvalue weighted by atomic mass is 10.0. The van der Waals surface area contributed by atoms with Crippen LogP contribution in [0.2, 0.25) is 5.02 Å². The molecule has 2 amide bonds. The Morgan fingerprint density at radius 2 is 1.70 bits per heavy atom. The van der Waals surface area contributed by atoms with Gasteiger partial charge in [-0.25, -0.2) is 0 Å². The molecule has 3 rings (SSSR count). The second-order valence-electron chi connectivity index (χ2n) is 7.24. The molecule has 2 aromatic rings. The number of carbonyl (C=O) groups excluding carboxylic acids is 2. The van der Waals surface area contributed by atoms with Gasteiger partial charge in [0.2, 0.25) is 5.91 Å². The average Bonchev–Trinajstić information content (AvgIpc) is 2.66. The highest BCUT2D eigenvalue weighted by molar-refractivity contribution is 6.30. The summed E-state index contributed by atoms with van der Waals surface area (Å²) in [6, 6.07) is 13.3. The van der Waals surface area contributed by atoms with Gasteiger partial charge in [-0.3, -0.25) is 9.59 Å². The standard InChI is InChI=1S/C22H25ClN2O2/c1-15-3-6-18(13-16(15)2)22(27)25-11-9-20(10-12-25)24-21(26)14-17-4-7-19(23)8-5-17/h3-8,13,20H,9-12,14H2,1-2H3,(H,24,26). The third kappa shape index (κ3) is 5.10. The number of benzene rings is 2. The molecule has 5 heteroatoms. The minimum atomic E-state index is 0.0104. The highest BCUT2D eigenvalue weighted by atomic mass is 35.5. The topological polar surface area (TPSA) is 49.4 Å². The Kier molecular flexibility index (Phi) is 6.17. The van der Waals surface area contributed by atoms with E-state index in [2.05, 4.69) is 5.32 Å². The number of carbonyl (C=O) groups is 2. The number of hydrogen-bond donors (Lipinski definition) is 1. The molecule has 0 saturated carbocycles. The molecule has 1 saturated heterocycles. The molecule has 142 valence electrons. The van der Waals surface area contributed by atoms with Crippen molar-refractivity contribution in [3.8, 4) is 0 Å². The molecule has 0 aromatic heterocycles. The molecule has 1 N–H and O–H groups in total. The normalized spacial score (nSPS) is 14.9. The lowest BCUT2D eigenvalue weighted by molar-refractivity contribution is -0.121. The van der Waals surface area contributed by atoms with Crippen molar-refractivity contribution in [2.75, 3.05) is 13.1 Å². The molecule has 0 bridgehead atoms. The van der Waals surface area contributed by atoms with E-state index in [9.17, 15) is 9.59 Å². The van der Waals surface area contributed by atoms with E-state index in [4.69, 9.17) is 11.6 Å². The highest BCUT2D eigenvalue weighted by Crippen LogP contribution is 2.17. The van der Waals surface area contributed by atoms with Crippen LogP contribution in [0.3, 0.4) is 0 Å². The van der Waals surface area contributed by atoms with Gasteiger partial charge in [0.05, 0.1) is 6.42 Å². The first kappa shape index (κ1) is 19.4. The highest BCUT2D eigenvalue weighted by Gasteiger charge is 2.24. The van der Waals surface area contributed by atoms with E-state index in [-0.39, 0.29) is 17.9 Å². The average molecular weight is 385 g/mol. The van der Waals surface area contributed by atoms with E-state index in [0.29, 0.717) is 24.5 Å². The third-order valence-electron chi connectivity index (χ3n) is 5.18. The van der Waals surface area contributed by atoms with Crippen molar-refractivity contribution in [3.63, 3.8) is 0 Å². The number of piperidine rings is 1. The summed E-state index contributed by atoms with van der Waals surface area (Å²) in [5, 5.41) is 3.75. The quantitative estimate of drug-likeness (QED) is 0.868. The molecule has 4 nitrogen and oxygen atoms in total. The molecule has 1 aliphatic rings. The van der Waals surface area contributed by atoms with Crippen LogP contribution in [0, 0.1) is 13.8 Å². The molecule has 0 aliphatic carbocycles. The Morgan fingerprint density at radius 3 is 2.33 bits per heavy atom. The van der Waals surface area contributed by atoms with Gasteiger partial charge in [0.1, 0.15) is 0 Å².